The number of aliphatic hydroxyl groups is 1. The van der Waals surface area contributed by atoms with Gasteiger partial charge in [0.1, 0.15) is 4.90 Å². The lowest BCUT2D eigenvalue weighted by molar-refractivity contribution is 0.0434. The largest absolute Gasteiger partial charge is 0.493 e. The van der Waals surface area contributed by atoms with Crippen LogP contribution in [0.1, 0.15) is 62.9 Å². The summed E-state index contributed by atoms with van der Waals surface area (Å²) >= 11 is 0. The zero-order valence-corrected chi connectivity index (χ0v) is 26.7. The Morgan fingerprint density at radius 3 is 1.98 bits per heavy atom. The fraction of sp³-hybridized carbons (Fsp3) is 0.571. The molecule has 0 spiro atoms. The van der Waals surface area contributed by atoms with Gasteiger partial charge >= 0.3 is 7.82 Å². The maximum Gasteiger partial charge on any atom is 0.469 e. The van der Waals surface area contributed by atoms with Crippen LogP contribution in [0, 0.1) is 0 Å². The second-order valence-corrected chi connectivity index (χ2v) is 13.2. The third-order valence-corrected chi connectivity index (χ3v) is 8.96. The molecule has 1 aliphatic heterocycles. The summed E-state index contributed by atoms with van der Waals surface area (Å²) in [7, 11) is -4.10. The molecule has 242 valence electrons. The predicted octanol–water partition coefficient (Wildman–Crippen LogP) is 4.13. The summed E-state index contributed by atoms with van der Waals surface area (Å²) < 4.78 is 76.9. The molecular weight excluding hydrogens is 607 g/mol. The molecule has 1 saturated heterocycles. The molecular formula is C28H41O13PS. The summed E-state index contributed by atoms with van der Waals surface area (Å²) in [6.45, 7) is 3.14. The minimum Gasteiger partial charge on any atom is -0.493 e. The molecule has 43 heavy (non-hydrogen) atoms. The van der Waals surface area contributed by atoms with Gasteiger partial charge < -0.3 is 43.3 Å². The first kappa shape index (κ1) is 34.9. The van der Waals surface area contributed by atoms with Gasteiger partial charge in [-0.15, -0.1) is 0 Å². The number of phosphoric acid groups is 1. The normalized spacial score (nSPS) is 17.9. The van der Waals surface area contributed by atoms with Gasteiger partial charge in [0.25, 0.3) is 0 Å². The summed E-state index contributed by atoms with van der Waals surface area (Å²) in [6.07, 6.45) is -0.123. The Kier molecular flexibility index (Phi) is 12.5. The van der Waals surface area contributed by atoms with E-state index in [4.69, 9.17) is 38.2 Å². The van der Waals surface area contributed by atoms with Gasteiger partial charge in [0.15, 0.2) is 32.8 Å². The van der Waals surface area contributed by atoms with Gasteiger partial charge in [-0.2, -0.15) is 0 Å². The highest BCUT2D eigenvalue weighted by Crippen LogP contribution is 2.48. The van der Waals surface area contributed by atoms with Gasteiger partial charge in [-0.05, 0) is 61.6 Å². The van der Waals surface area contributed by atoms with Crippen LogP contribution >= 0.6 is 7.82 Å². The minimum absolute atomic E-state index is 0.00123. The van der Waals surface area contributed by atoms with Crippen molar-refractivity contribution in [2.75, 3.05) is 46.9 Å². The van der Waals surface area contributed by atoms with Crippen molar-refractivity contribution < 1.29 is 60.8 Å². The average molecular weight is 649 g/mol. The monoisotopic (exact) mass is 648 g/mol. The molecule has 0 aromatic heterocycles. The van der Waals surface area contributed by atoms with Gasteiger partial charge in [-0.1, -0.05) is 6.92 Å². The highest BCUT2D eigenvalue weighted by atomic mass is 32.2. The Labute approximate surface area is 252 Å². The van der Waals surface area contributed by atoms with Crippen LogP contribution in [0.2, 0.25) is 0 Å². The molecule has 3 rings (SSSR count). The first-order valence-corrected chi connectivity index (χ1v) is 17.0. The van der Waals surface area contributed by atoms with Gasteiger partial charge in [-0.25, -0.2) is 13.0 Å². The van der Waals surface area contributed by atoms with Gasteiger partial charge in [0, 0.05) is 6.42 Å². The molecule has 0 aliphatic carbocycles. The lowest BCUT2D eigenvalue weighted by Crippen LogP contribution is -2.19. The number of hydrogen-bond acceptors (Lipinski definition) is 11. The van der Waals surface area contributed by atoms with E-state index in [0.717, 1.165) is 5.56 Å². The standard InChI is InChI=1S/C28H41O13PS/c1-6-10-39-28-25(38-11-7-12-40-42(30,31)32)15-20(16-26(28)43(33,34)17-18(2)29)22-9-8-21(41-22)19-13-23(35-3)27(37-5)24(14-19)36-4/h13-16,18,21-22,29H,6-12,17H2,1-5H3,(H2,30,31,32)/t18-,21-,22-/m0/s1. The van der Waals surface area contributed by atoms with E-state index in [-0.39, 0.29) is 48.7 Å². The van der Waals surface area contributed by atoms with Crippen LogP contribution in [0.15, 0.2) is 29.2 Å². The van der Waals surface area contributed by atoms with Crippen LogP contribution in [0.3, 0.4) is 0 Å². The molecule has 3 N–H and O–H groups in total. The quantitative estimate of drug-likeness (QED) is 0.165. The van der Waals surface area contributed by atoms with Crippen molar-refractivity contribution in [3.63, 3.8) is 0 Å². The number of benzene rings is 2. The second-order valence-electron chi connectivity index (χ2n) is 10.0. The van der Waals surface area contributed by atoms with Crippen molar-refractivity contribution in [3.05, 3.63) is 35.4 Å². The SMILES string of the molecule is CCCOc1c(OCCCOP(=O)(O)O)cc([C@@H]2CC[C@@H](c3cc(OC)c(OC)c(OC)c3)O2)cc1S(=O)(=O)C[C@H](C)O. The van der Waals surface area contributed by atoms with Crippen LogP contribution in [0.5, 0.6) is 28.7 Å². The first-order chi connectivity index (χ1) is 20.3. The zero-order chi connectivity index (χ0) is 31.8. The van der Waals surface area contributed by atoms with Gasteiger partial charge in [0.2, 0.25) is 5.75 Å². The van der Waals surface area contributed by atoms with E-state index in [1.165, 1.54) is 34.3 Å². The molecule has 13 nitrogen and oxygen atoms in total. The van der Waals surface area contributed by atoms with Crippen molar-refractivity contribution in [2.45, 2.75) is 62.7 Å². The number of ether oxygens (including phenoxy) is 6. The summed E-state index contributed by atoms with van der Waals surface area (Å²) in [4.78, 5) is 17.7. The fourth-order valence-corrected chi connectivity index (χ4v) is 6.65. The summed E-state index contributed by atoms with van der Waals surface area (Å²) in [5.74, 6) is 1.01. The van der Waals surface area contributed by atoms with Gasteiger partial charge in [-0.3, -0.25) is 4.52 Å². The Balaban J connectivity index is 1.99. The molecule has 2 aromatic carbocycles. The Bertz CT molecular complexity index is 1350. The number of phosphoric ester groups is 1. The maximum absolute atomic E-state index is 13.4. The Morgan fingerprint density at radius 2 is 1.47 bits per heavy atom. The topological polar surface area (TPSA) is 177 Å². The molecule has 0 saturated carbocycles. The smallest absolute Gasteiger partial charge is 0.469 e. The van der Waals surface area contributed by atoms with E-state index in [1.807, 2.05) is 19.1 Å². The van der Waals surface area contributed by atoms with Crippen LogP contribution in [-0.4, -0.2) is 76.3 Å². The zero-order valence-electron chi connectivity index (χ0n) is 25.0. The summed E-state index contributed by atoms with van der Waals surface area (Å²) in [5, 5.41) is 9.93. The van der Waals surface area contributed by atoms with Gasteiger partial charge in [0.05, 0.1) is 65.2 Å². The number of sulfone groups is 1. The van der Waals surface area contributed by atoms with Crippen molar-refractivity contribution in [1.29, 1.82) is 0 Å². The molecule has 0 amide bonds. The third kappa shape index (κ3) is 9.45. The molecule has 2 aromatic rings. The van der Waals surface area contributed by atoms with Crippen LogP contribution in [-0.2, 0) is 23.7 Å². The van der Waals surface area contributed by atoms with Crippen molar-refractivity contribution in [2.24, 2.45) is 0 Å². The highest BCUT2D eigenvalue weighted by molar-refractivity contribution is 7.91. The Hall–Kier alpha value is -2.58. The van der Waals surface area contributed by atoms with E-state index in [2.05, 4.69) is 4.52 Å². The van der Waals surface area contributed by atoms with Crippen LogP contribution < -0.4 is 23.7 Å². The predicted molar refractivity (Wildman–Crippen MR) is 156 cm³/mol. The molecule has 0 bridgehead atoms. The lowest BCUT2D eigenvalue weighted by Gasteiger charge is -2.21. The van der Waals surface area contributed by atoms with E-state index in [9.17, 15) is 18.1 Å². The first-order valence-electron chi connectivity index (χ1n) is 13.8. The maximum atomic E-state index is 13.4. The number of hydrogen-bond donors (Lipinski definition) is 3. The average Bonchev–Trinajstić information content (AvgIpc) is 3.44. The molecule has 3 atom stereocenters. The van der Waals surface area contributed by atoms with Crippen LogP contribution in [0.4, 0.5) is 0 Å². The van der Waals surface area contributed by atoms with E-state index >= 15 is 0 Å². The van der Waals surface area contributed by atoms with Crippen molar-refractivity contribution in [3.8, 4) is 28.7 Å². The molecule has 1 fully saturated rings. The number of methoxy groups -OCH3 is 3. The van der Waals surface area contributed by atoms with E-state index < -0.39 is 35.6 Å². The summed E-state index contributed by atoms with van der Waals surface area (Å²) in [5.41, 5.74) is 1.33. The van der Waals surface area contributed by atoms with E-state index in [0.29, 0.717) is 42.1 Å². The molecule has 1 heterocycles. The Morgan fingerprint density at radius 1 is 0.884 bits per heavy atom. The highest BCUT2D eigenvalue weighted by Gasteiger charge is 2.33. The van der Waals surface area contributed by atoms with Crippen molar-refractivity contribution in [1.82, 2.24) is 0 Å². The molecule has 15 heteroatoms. The fourth-order valence-electron chi connectivity index (χ4n) is 4.71. The molecule has 1 aliphatic rings. The molecule has 0 unspecified atom stereocenters. The summed E-state index contributed by atoms with van der Waals surface area (Å²) in [6, 6.07) is 6.76. The van der Waals surface area contributed by atoms with E-state index in [1.54, 1.807) is 6.07 Å². The third-order valence-electron chi connectivity index (χ3n) is 6.55. The van der Waals surface area contributed by atoms with Crippen LogP contribution in [0.25, 0.3) is 0 Å². The number of aliphatic hydroxyl groups excluding tert-OH is 1. The minimum atomic E-state index is -4.64. The molecule has 0 radical (unpaired) electrons. The second kappa shape index (κ2) is 15.4. The van der Waals surface area contributed by atoms with Crippen molar-refractivity contribution >= 4 is 17.7 Å². The lowest BCUT2D eigenvalue weighted by atomic mass is 10.0. The number of rotatable bonds is 17.